The van der Waals surface area contributed by atoms with E-state index in [2.05, 4.69) is 5.32 Å². The van der Waals surface area contributed by atoms with Crippen LogP contribution in [0, 0.1) is 11.6 Å². The molecule has 32 heavy (non-hydrogen) atoms. The van der Waals surface area contributed by atoms with E-state index in [1.165, 1.54) is 6.07 Å². The van der Waals surface area contributed by atoms with Crippen LogP contribution in [0.15, 0.2) is 60.7 Å². The van der Waals surface area contributed by atoms with Crippen LogP contribution in [0.4, 0.5) is 14.5 Å². The zero-order chi connectivity index (χ0) is 22.8. The summed E-state index contributed by atoms with van der Waals surface area (Å²) in [7, 11) is 0. The number of amides is 2. The van der Waals surface area contributed by atoms with Crippen molar-refractivity contribution in [2.45, 2.75) is 26.1 Å². The molecular formula is C24H19ClF2N2O3. The standard InChI is InChI=1S/C24H19ClF2N2O3/c1-14-24(31)29(12-15-5-7-17(25)8-6-15)13-16-11-18(9-10-21(16)32-14)28-23(30)22-19(26)3-2-4-20(22)27/h2-11,14H,12-13H2,1H3,(H,28,30)/t14-/m0/s1. The molecule has 0 saturated heterocycles. The summed E-state index contributed by atoms with van der Waals surface area (Å²) < 4.78 is 33.6. The molecule has 1 atom stereocenters. The lowest BCUT2D eigenvalue weighted by Gasteiger charge is -2.22. The molecule has 4 rings (SSSR count). The van der Waals surface area contributed by atoms with Crippen LogP contribution in [-0.2, 0) is 17.9 Å². The number of nitrogens with zero attached hydrogens (tertiary/aromatic N) is 1. The number of benzene rings is 3. The Balaban J connectivity index is 1.59. The van der Waals surface area contributed by atoms with E-state index >= 15 is 0 Å². The Kier molecular flexibility index (Phi) is 6.10. The second-order valence-corrected chi connectivity index (χ2v) is 7.89. The monoisotopic (exact) mass is 456 g/mol. The van der Waals surface area contributed by atoms with Gasteiger partial charge >= 0.3 is 0 Å². The predicted molar refractivity (Wildman–Crippen MR) is 117 cm³/mol. The molecule has 1 aliphatic heterocycles. The van der Waals surface area contributed by atoms with Gasteiger partial charge in [-0.3, -0.25) is 9.59 Å². The van der Waals surface area contributed by atoms with Crippen LogP contribution in [0.3, 0.4) is 0 Å². The normalized spacial score (nSPS) is 15.6. The third-order valence-electron chi connectivity index (χ3n) is 5.12. The van der Waals surface area contributed by atoms with Gasteiger partial charge in [-0.25, -0.2) is 8.78 Å². The van der Waals surface area contributed by atoms with Gasteiger partial charge in [0.15, 0.2) is 6.10 Å². The summed E-state index contributed by atoms with van der Waals surface area (Å²) in [4.78, 5) is 26.9. The van der Waals surface area contributed by atoms with Gasteiger partial charge in [-0.2, -0.15) is 0 Å². The van der Waals surface area contributed by atoms with Crippen molar-refractivity contribution in [3.63, 3.8) is 0 Å². The van der Waals surface area contributed by atoms with E-state index in [9.17, 15) is 18.4 Å². The van der Waals surface area contributed by atoms with Crippen molar-refractivity contribution in [2.75, 3.05) is 5.32 Å². The van der Waals surface area contributed by atoms with Crippen LogP contribution in [0.25, 0.3) is 0 Å². The molecule has 3 aromatic rings. The minimum Gasteiger partial charge on any atom is -0.481 e. The van der Waals surface area contributed by atoms with Gasteiger partial charge in [0.1, 0.15) is 22.9 Å². The van der Waals surface area contributed by atoms with Crippen LogP contribution < -0.4 is 10.1 Å². The molecule has 0 radical (unpaired) electrons. The van der Waals surface area contributed by atoms with Crippen LogP contribution in [0.1, 0.15) is 28.4 Å². The minimum atomic E-state index is -0.950. The van der Waals surface area contributed by atoms with Gasteiger partial charge < -0.3 is 15.0 Å². The van der Waals surface area contributed by atoms with Crippen molar-refractivity contribution in [1.29, 1.82) is 0 Å². The molecule has 2 amide bonds. The second kappa shape index (κ2) is 8.96. The van der Waals surface area contributed by atoms with Crippen LogP contribution in [0.2, 0.25) is 5.02 Å². The summed E-state index contributed by atoms with van der Waals surface area (Å²) in [6.45, 7) is 2.25. The molecule has 0 aliphatic carbocycles. The van der Waals surface area contributed by atoms with Crippen molar-refractivity contribution in [2.24, 2.45) is 0 Å². The molecule has 0 spiro atoms. The molecule has 8 heteroatoms. The van der Waals surface area contributed by atoms with Gasteiger partial charge in [-0.15, -0.1) is 0 Å². The maximum absolute atomic E-state index is 13.9. The SMILES string of the molecule is C[C@@H]1Oc2ccc(NC(=O)c3c(F)cccc3F)cc2CN(Cc2ccc(Cl)cc2)C1=O. The molecule has 0 fully saturated rings. The molecule has 5 nitrogen and oxygen atoms in total. The number of ether oxygens (including phenoxy) is 1. The Labute approximate surface area is 188 Å². The highest BCUT2D eigenvalue weighted by molar-refractivity contribution is 6.30. The zero-order valence-corrected chi connectivity index (χ0v) is 17.8. The van der Waals surface area contributed by atoms with Gasteiger partial charge in [0.2, 0.25) is 0 Å². The number of halogens is 3. The lowest BCUT2D eigenvalue weighted by molar-refractivity contribution is -0.138. The number of anilines is 1. The molecule has 1 N–H and O–H groups in total. The lowest BCUT2D eigenvalue weighted by Crippen LogP contribution is -2.37. The molecule has 0 unspecified atom stereocenters. The maximum atomic E-state index is 13.9. The number of hydrogen-bond acceptors (Lipinski definition) is 3. The largest absolute Gasteiger partial charge is 0.481 e. The van der Waals surface area contributed by atoms with Gasteiger partial charge in [-0.1, -0.05) is 29.8 Å². The molecule has 0 saturated carbocycles. The number of hydrogen-bond donors (Lipinski definition) is 1. The van der Waals surface area contributed by atoms with Crippen LogP contribution >= 0.6 is 11.6 Å². The van der Waals surface area contributed by atoms with E-state index in [0.717, 1.165) is 17.7 Å². The van der Waals surface area contributed by atoms with Crippen molar-refractivity contribution in [3.05, 3.63) is 94.0 Å². The summed E-state index contributed by atoms with van der Waals surface area (Å²) in [5.41, 5.74) is 1.22. The highest BCUT2D eigenvalue weighted by Gasteiger charge is 2.28. The number of carbonyl (C=O) groups is 2. The van der Waals surface area contributed by atoms with E-state index in [1.54, 1.807) is 42.2 Å². The van der Waals surface area contributed by atoms with E-state index in [1.807, 2.05) is 12.1 Å². The third-order valence-corrected chi connectivity index (χ3v) is 5.37. The topological polar surface area (TPSA) is 58.6 Å². The average molecular weight is 457 g/mol. The number of nitrogens with one attached hydrogen (secondary N) is 1. The summed E-state index contributed by atoms with van der Waals surface area (Å²) in [5, 5.41) is 3.11. The third kappa shape index (κ3) is 4.57. The second-order valence-electron chi connectivity index (χ2n) is 7.45. The van der Waals surface area contributed by atoms with Gasteiger partial charge in [0, 0.05) is 29.4 Å². The number of fused-ring (bicyclic) bond motifs is 1. The number of rotatable bonds is 4. The fourth-order valence-electron chi connectivity index (χ4n) is 3.53. The van der Waals surface area contributed by atoms with E-state index in [4.69, 9.17) is 16.3 Å². The Morgan fingerprint density at radius 1 is 1.12 bits per heavy atom. The summed E-state index contributed by atoms with van der Waals surface area (Å²) in [5.74, 6) is -2.49. The predicted octanol–water partition coefficient (Wildman–Crippen LogP) is 5.18. The first-order valence-corrected chi connectivity index (χ1v) is 10.3. The van der Waals surface area contributed by atoms with E-state index in [0.29, 0.717) is 28.6 Å². The van der Waals surface area contributed by atoms with Gasteiger partial charge in [-0.05, 0) is 55.0 Å². The fraction of sp³-hybridized carbons (Fsp3) is 0.167. The molecular weight excluding hydrogens is 438 g/mol. The first-order valence-electron chi connectivity index (χ1n) is 9.90. The Bertz CT molecular complexity index is 1160. The fourth-order valence-corrected chi connectivity index (χ4v) is 3.66. The summed E-state index contributed by atoms with van der Waals surface area (Å²) in [6.07, 6.45) is -0.698. The van der Waals surface area contributed by atoms with Crippen molar-refractivity contribution in [3.8, 4) is 5.75 Å². The highest BCUT2D eigenvalue weighted by Crippen LogP contribution is 2.30. The Hall–Kier alpha value is -3.45. The quantitative estimate of drug-likeness (QED) is 0.588. The smallest absolute Gasteiger partial charge is 0.263 e. The molecule has 1 heterocycles. The highest BCUT2D eigenvalue weighted by atomic mass is 35.5. The first-order chi connectivity index (χ1) is 15.3. The van der Waals surface area contributed by atoms with Gasteiger partial charge in [0.05, 0.1) is 0 Å². The number of carbonyl (C=O) groups excluding carboxylic acids is 2. The molecule has 3 aromatic carbocycles. The summed E-state index contributed by atoms with van der Waals surface area (Å²) >= 11 is 5.94. The van der Waals surface area contributed by atoms with Gasteiger partial charge in [0.25, 0.3) is 11.8 Å². The van der Waals surface area contributed by atoms with Crippen LogP contribution in [0.5, 0.6) is 5.75 Å². The van der Waals surface area contributed by atoms with E-state index < -0.39 is 29.2 Å². The molecule has 164 valence electrons. The average Bonchev–Trinajstić information content (AvgIpc) is 2.86. The lowest BCUT2D eigenvalue weighted by atomic mass is 10.1. The first kappa shape index (κ1) is 21.8. The van der Waals surface area contributed by atoms with Crippen molar-refractivity contribution in [1.82, 2.24) is 4.90 Å². The Morgan fingerprint density at radius 2 is 1.81 bits per heavy atom. The molecule has 1 aliphatic rings. The maximum Gasteiger partial charge on any atom is 0.263 e. The zero-order valence-electron chi connectivity index (χ0n) is 17.1. The van der Waals surface area contributed by atoms with Crippen LogP contribution in [-0.4, -0.2) is 22.8 Å². The molecule has 0 aromatic heterocycles. The van der Waals surface area contributed by atoms with Crippen molar-refractivity contribution < 1.29 is 23.1 Å². The Morgan fingerprint density at radius 3 is 2.50 bits per heavy atom. The molecule has 0 bridgehead atoms. The van der Waals surface area contributed by atoms with Crippen molar-refractivity contribution >= 4 is 29.1 Å². The summed E-state index contributed by atoms with van der Waals surface area (Å²) in [6, 6.07) is 15.2. The van der Waals surface area contributed by atoms with E-state index in [-0.39, 0.29) is 12.5 Å². The minimum absolute atomic E-state index is 0.185.